The molecule has 1 fully saturated rings. The van der Waals surface area contributed by atoms with Gasteiger partial charge in [-0.05, 0) is 39.8 Å². The maximum atomic E-state index is 12.8. The van der Waals surface area contributed by atoms with E-state index in [-0.39, 0.29) is 17.6 Å². The van der Waals surface area contributed by atoms with Gasteiger partial charge in [0, 0.05) is 0 Å². The van der Waals surface area contributed by atoms with E-state index >= 15 is 0 Å². The Labute approximate surface area is 120 Å². The van der Waals surface area contributed by atoms with Crippen LogP contribution in [0.1, 0.15) is 43.7 Å². The average Bonchev–Trinajstić information content (AvgIpc) is 2.57. The first kappa shape index (κ1) is 16.0. The third kappa shape index (κ3) is 2.96. The summed E-state index contributed by atoms with van der Waals surface area (Å²) >= 11 is 0. The maximum Gasteiger partial charge on any atom is 0.514 e. The van der Waals surface area contributed by atoms with Crippen LogP contribution in [0, 0.1) is 0 Å². The van der Waals surface area contributed by atoms with Gasteiger partial charge in [-0.1, -0.05) is 0 Å². The summed E-state index contributed by atoms with van der Waals surface area (Å²) < 4.78 is 49.8. The van der Waals surface area contributed by atoms with E-state index in [1.165, 1.54) is 0 Å². The van der Waals surface area contributed by atoms with Gasteiger partial charge in [0.25, 0.3) is 0 Å². The lowest BCUT2D eigenvalue weighted by molar-refractivity contribution is -0.137. The first-order valence-corrected chi connectivity index (χ1v) is 6.36. The molecule has 4 nitrogen and oxygen atoms in total. The van der Waals surface area contributed by atoms with Crippen molar-refractivity contribution in [2.45, 2.75) is 45.1 Å². The lowest BCUT2D eigenvalue weighted by atomic mass is 9.83. The molecule has 2 heterocycles. The third-order valence-electron chi connectivity index (χ3n) is 3.81. The quantitative estimate of drug-likeness (QED) is 0.621. The highest BCUT2D eigenvalue weighted by Gasteiger charge is 2.52. The van der Waals surface area contributed by atoms with Crippen LogP contribution in [0.3, 0.4) is 0 Å². The molecule has 114 valence electrons. The highest BCUT2D eigenvalue weighted by Crippen LogP contribution is 2.36. The number of carbonyl (C=O) groups excluding carboxylic acids is 1. The van der Waals surface area contributed by atoms with Gasteiger partial charge in [-0.15, -0.1) is 0 Å². The van der Waals surface area contributed by atoms with Crippen molar-refractivity contribution in [1.82, 2.24) is 4.98 Å². The molecule has 0 aromatic carbocycles. The molecule has 0 amide bonds. The molecule has 1 saturated heterocycles. The fourth-order valence-corrected chi connectivity index (χ4v) is 1.88. The van der Waals surface area contributed by atoms with Crippen molar-refractivity contribution in [2.24, 2.45) is 0 Å². The SMILES string of the molecule is CC1(C)OB(c2cc(C(F)(F)F)cc(C=O)n2)OC1(C)C. The molecule has 0 spiro atoms. The van der Waals surface area contributed by atoms with Crippen LogP contribution in [0.2, 0.25) is 0 Å². The first-order chi connectivity index (χ1) is 9.46. The van der Waals surface area contributed by atoms with Gasteiger partial charge in [0.1, 0.15) is 5.69 Å². The zero-order valence-corrected chi connectivity index (χ0v) is 12.1. The first-order valence-electron chi connectivity index (χ1n) is 6.36. The summed E-state index contributed by atoms with van der Waals surface area (Å²) in [7, 11) is -1.05. The Bertz CT molecular complexity index is 556. The second kappa shape index (κ2) is 4.81. The summed E-state index contributed by atoms with van der Waals surface area (Å²) in [5.41, 5.74) is -2.73. The van der Waals surface area contributed by atoms with E-state index in [9.17, 15) is 18.0 Å². The van der Waals surface area contributed by atoms with Crippen molar-refractivity contribution >= 4 is 19.0 Å². The predicted molar refractivity (Wildman–Crippen MR) is 70.3 cm³/mol. The van der Waals surface area contributed by atoms with Crippen molar-refractivity contribution < 1.29 is 27.3 Å². The monoisotopic (exact) mass is 301 g/mol. The predicted octanol–water partition coefficient (Wildman–Crippen LogP) is 2.21. The molecular weight excluding hydrogens is 286 g/mol. The number of hydrogen-bond acceptors (Lipinski definition) is 4. The molecule has 0 unspecified atom stereocenters. The second-order valence-corrected chi connectivity index (χ2v) is 5.91. The highest BCUT2D eigenvalue weighted by atomic mass is 19.4. The highest BCUT2D eigenvalue weighted by molar-refractivity contribution is 6.61. The topological polar surface area (TPSA) is 48.4 Å². The number of rotatable bonds is 2. The normalized spacial score (nSPS) is 20.6. The summed E-state index contributed by atoms with van der Waals surface area (Å²) in [5, 5.41) is 0. The largest absolute Gasteiger partial charge is 0.514 e. The third-order valence-corrected chi connectivity index (χ3v) is 3.81. The van der Waals surface area contributed by atoms with Crippen LogP contribution in [-0.4, -0.2) is 29.6 Å². The number of halogens is 3. The molecule has 0 N–H and O–H groups in total. The molecular formula is C13H15BF3NO3. The van der Waals surface area contributed by atoms with Gasteiger partial charge in [-0.25, -0.2) is 0 Å². The molecule has 8 heteroatoms. The molecule has 21 heavy (non-hydrogen) atoms. The van der Waals surface area contributed by atoms with E-state index in [2.05, 4.69) is 4.98 Å². The zero-order chi connectivity index (χ0) is 16.1. The Morgan fingerprint density at radius 2 is 1.67 bits per heavy atom. The van der Waals surface area contributed by atoms with Crippen LogP contribution in [-0.2, 0) is 15.5 Å². The van der Waals surface area contributed by atoms with Gasteiger partial charge in [-0.2, -0.15) is 13.2 Å². The van der Waals surface area contributed by atoms with Crippen molar-refractivity contribution in [3.05, 3.63) is 23.4 Å². The summed E-state index contributed by atoms with van der Waals surface area (Å²) in [6.45, 7) is 7.12. The van der Waals surface area contributed by atoms with Crippen molar-refractivity contribution in [3.8, 4) is 0 Å². The molecule has 1 aromatic rings. The minimum Gasteiger partial charge on any atom is -0.398 e. The number of alkyl halides is 3. The molecule has 0 saturated carbocycles. The van der Waals surface area contributed by atoms with Crippen LogP contribution >= 0.6 is 0 Å². The smallest absolute Gasteiger partial charge is 0.398 e. The van der Waals surface area contributed by atoms with Gasteiger partial charge in [0.05, 0.1) is 22.4 Å². The van der Waals surface area contributed by atoms with Gasteiger partial charge in [0.2, 0.25) is 0 Å². The van der Waals surface area contributed by atoms with E-state index < -0.39 is 30.1 Å². The Kier molecular flexibility index (Phi) is 3.66. The molecule has 2 rings (SSSR count). The zero-order valence-electron chi connectivity index (χ0n) is 12.1. The van der Waals surface area contributed by atoms with E-state index in [0.29, 0.717) is 6.07 Å². The van der Waals surface area contributed by atoms with Crippen molar-refractivity contribution in [1.29, 1.82) is 0 Å². The second-order valence-electron chi connectivity index (χ2n) is 5.91. The van der Waals surface area contributed by atoms with Gasteiger partial charge < -0.3 is 9.31 Å². The molecule has 0 aliphatic carbocycles. The van der Waals surface area contributed by atoms with Crippen LogP contribution in [0.5, 0.6) is 0 Å². The molecule has 1 aliphatic rings. The van der Waals surface area contributed by atoms with Gasteiger partial charge in [-0.3, -0.25) is 9.78 Å². The number of carbonyl (C=O) groups is 1. The lowest BCUT2D eigenvalue weighted by Gasteiger charge is -2.32. The fraction of sp³-hybridized carbons (Fsp3) is 0.538. The summed E-state index contributed by atoms with van der Waals surface area (Å²) in [6.07, 6.45) is -4.30. The minimum atomic E-state index is -4.57. The van der Waals surface area contributed by atoms with Gasteiger partial charge >= 0.3 is 13.3 Å². The fourth-order valence-electron chi connectivity index (χ4n) is 1.88. The Hall–Kier alpha value is -1.41. The van der Waals surface area contributed by atoms with Crippen molar-refractivity contribution in [2.75, 3.05) is 0 Å². The van der Waals surface area contributed by atoms with Gasteiger partial charge in [0.15, 0.2) is 6.29 Å². The standard InChI is InChI=1S/C13H15BF3NO3/c1-11(2)12(3,4)21-14(20-11)10-6-8(13(15,16)17)5-9(7-19)18-10/h5-7H,1-4H3. The lowest BCUT2D eigenvalue weighted by Crippen LogP contribution is -2.41. The van der Waals surface area contributed by atoms with E-state index in [1.807, 2.05) is 0 Å². The Morgan fingerprint density at radius 3 is 2.10 bits per heavy atom. The molecule has 1 aliphatic heterocycles. The summed E-state index contributed by atoms with van der Waals surface area (Å²) in [6, 6.07) is 1.54. The molecule has 0 radical (unpaired) electrons. The van der Waals surface area contributed by atoms with E-state index in [4.69, 9.17) is 9.31 Å². The Morgan fingerprint density at radius 1 is 1.14 bits per heavy atom. The number of hydrogen-bond donors (Lipinski definition) is 0. The number of aldehydes is 1. The van der Waals surface area contributed by atoms with E-state index in [0.717, 1.165) is 6.07 Å². The van der Waals surface area contributed by atoms with Crippen LogP contribution in [0.4, 0.5) is 13.2 Å². The van der Waals surface area contributed by atoms with Crippen LogP contribution in [0.25, 0.3) is 0 Å². The number of pyridine rings is 1. The van der Waals surface area contributed by atoms with Crippen molar-refractivity contribution in [3.63, 3.8) is 0 Å². The number of nitrogens with zero attached hydrogens (tertiary/aromatic N) is 1. The maximum absolute atomic E-state index is 12.8. The Balaban J connectivity index is 2.44. The van der Waals surface area contributed by atoms with Crippen LogP contribution in [0.15, 0.2) is 12.1 Å². The average molecular weight is 301 g/mol. The minimum absolute atomic E-state index is 0.0643. The number of aromatic nitrogens is 1. The summed E-state index contributed by atoms with van der Waals surface area (Å²) in [5.74, 6) is 0. The summed E-state index contributed by atoms with van der Waals surface area (Å²) in [4.78, 5) is 14.7. The molecule has 0 atom stereocenters. The molecule has 1 aromatic heterocycles. The van der Waals surface area contributed by atoms with Crippen LogP contribution < -0.4 is 5.59 Å². The van der Waals surface area contributed by atoms with E-state index in [1.54, 1.807) is 27.7 Å². The molecule has 0 bridgehead atoms.